The van der Waals surface area contributed by atoms with Gasteiger partial charge in [-0.25, -0.2) is 0 Å². The van der Waals surface area contributed by atoms with E-state index in [0.29, 0.717) is 18.1 Å². The molecule has 1 aliphatic heterocycles. The number of nitrogens with zero attached hydrogens (tertiary/aromatic N) is 2. The Morgan fingerprint density at radius 3 is 2.81 bits per heavy atom. The average molecular weight is 464 g/mol. The van der Waals surface area contributed by atoms with Crippen LogP contribution in [0.1, 0.15) is 36.2 Å². The van der Waals surface area contributed by atoms with Gasteiger partial charge in [0.2, 0.25) is 5.91 Å². The zero-order valence-electron chi connectivity index (χ0n) is 17.9. The molecule has 1 N–H and O–H groups in total. The number of nitrogens with one attached hydrogen (secondary N) is 1. The van der Waals surface area contributed by atoms with Crippen LogP contribution < -0.4 is 10.1 Å². The van der Waals surface area contributed by atoms with E-state index in [9.17, 15) is 14.9 Å². The number of rotatable bonds is 10. The molecule has 3 rings (SSSR count). The molecule has 1 atom stereocenters. The lowest BCUT2D eigenvalue weighted by Crippen LogP contribution is -2.42. The largest absolute Gasteiger partial charge is 0.490 e. The summed E-state index contributed by atoms with van der Waals surface area (Å²) in [6, 6.07) is 9.31. The maximum Gasteiger partial charge on any atom is 0.311 e. The van der Waals surface area contributed by atoms with Crippen LogP contribution in [0.15, 0.2) is 35.7 Å². The molecule has 7 nitrogen and oxygen atoms in total. The molecular weight excluding hydrogens is 434 g/mol. The Morgan fingerprint density at radius 1 is 1.39 bits per heavy atom. The minimum absolute atomic E-state index is 0.0139. The standard InChI is InChI=1S/C22H29N3O4S2/c1-16-7-9-24(10-8-16)19(21-4-3-11-31-21)13-23-22(26)15-30-14-17-5-6-20(29-2)18(12-17)25(27)28/h3-6,11-12,16,19H,7-10,13-15H2,1-2H3,(H,23,26). The van der Waals surface area contributed by atoms with E-state index in [4.69, 9.17) is 4.74 Å². The third kappa shape index (κ3) is 6.69. The number of nitro benzene ring substituents is 1. The molecular formula is C22H29N3O4S2. The number of likely N-dealkylation sites (tertiary alicyclic amines) is 1. The molecule has 1 aromatic carbocycles. The first-order chi connectivity index (χ1) is 15.0. The highest BCUT2D eigenvalue weighted by Crippen LogP contribution is 2.30. The van der Waals surface area contributed by atoms with Crippen LogP contribution in [0.4, 0.5) is 5.69 Å². The highest BCUT2D eigenvalue weighted by molar-refractivity contribution is 7.99. The van der Waals surface area contributed by atoms with Crippen LogP contribution in [0.25, 0.3) is 0 Å². The van der Waals surface area contributed by atoms with Crippen molar-refractivity contribution in [1.82, 2.24) is 10.2 Å². The molecule has 2 aromatic rings. The molecule has 0 saturated carbocycles. The first-order valence-electron chi connectivity index (χ1n) is 10.4. The number of benzene rings is 1. The Bertz CT molecular complexity index is 868. The van der Waals surface area contributed by atoms with Crippen molar-refractivity contribution in [3.05, 3.63) is 56.3 Å². The maximum atomic E-state index is 12.4. The lowest BCUT2D eigenvalue weighted by Gasteiger charge is -2.36. The third-order valence-corrected chi connectivity index (χ3v) is 7.54. The van der Waals surface area contributed by atoms with E-state index < -0.39 is 4.92 Å². The average Bonchev–Trinajstić information content (AvgIpc) is 3.29. The van der Waals surface area contributed by atoms with Crippen LogP contribution in [0, 0.1) is 16.0 Å². The topological polar surface area (TPSA) is 84.7 Å². The van der Waals surface area contributed by atoms with E-state index in [1.54, 1.807) is 23.5 Å². The van der Waals surface area contributed by atoms with Crippen molar-refractivity contribution in [3.8, 4) is 5.75 Å². The van der Waals surface area contributed by atoms with Crippen LogP contribution >= 0.6 is 23.1 Å². The van der Waals surface area contributed by atoms with E-state index in [1.807, 2.05) is 0 Å². The lowest BCUT2D eigenvalue weighted by atomic mass is 9.97. The van der Waals surface area contributed by atoms with Crippen molar-refractivity contribution in [3.63, 3.8) is 0 Å². The van der Waals surface area contributed by atoms with Crippen LogP contribution in [0.5, 0.6) is 5.75 Å². The number of hydrogen-bond acceptors (Lipinski definition) is 7. The molecule has 1 saturated heterocycles. The van der Waals surface area contributed by atoms with Gasteiger partial charge in [0.25, 0.3) is 0 Å². The van der Waals surface area contributed by atoms with Crippen molar-refractivity contribution in [2.45, 2.75) is 31.6 Å². The number of thiophene rings is 1. The van der Waals surface area contributed by atoms with E-state index in [2.05, 4.69) is 34.7 Å². The summed E-state index contributed by atoms with van der Waals surface area (Å²) in [5.74, 6) is 1.83. The number of hydrogen-bond donors (Lipinski definition) is 1. The van der Waals surface area contributed by atoms with Gasteiger partial charge in [-0.1, -0.05) is 19.1 Å². The predicted molar refractivity (Wildman–Crippen MR) is 126 cm³/mol. The normalized spacial score (nSPS) is 16.1. The molecule has 168 valence electrons. The first-order valence-corrected chi connectivity index (χ1v) is 12.4. The second kappa shape index (κ2) is 11.5. The van der Waals surface area contributed by atoms with Gasteiger partial charge in [-0.05, 0) is 54.9 Å². The van der Waals surface area contributed by atoms with E-state index >= 15 is 0 Å². The van der Waals surface area contributed by atoms with Gasteiger partial charge in [0.15, 0.2) is 5.75 Å². The zero-order valence-corrected chi connectivity index (χ0v) is 19.5. The maximum absolute atomic E-state index is 12.4. The molecule has 1 unspecified atom stereocenters. The molecule has 9 heteroatoms. The Morgan fingerprint density at radius 2 is 2.16 bits per heavy atom. The number of amides is 1. The minimum Gasteiger partial charge on any atom is -0.490 e. The van der Waals surface area contributed by atoms with Crippen molar-refractivity contribution in [2.24, 2.45) is 5.92 Å². The molecule has 0 bridgehead atoms. The highest BCUT2D eigenvalue weighted by Gasteiger charge is 2.25. The zero-order chi connectivity index (χ0) is 22.2. The van der Waals surface area contributed by atoms with Crippen LogP contribution in [-0.2, 0) is 10.5 Å². The minimum atomic E-state index is -0.453. The smallest absolute Gasteiger partial charge is 0.311 e. The first kappa shape index (κ1) is 23.6. The van der Waals surface area contributed by atoms with Crippen molar-refractivity contribution >= 4 is 34.7 Å². The van der Waals surface area contributed by atoms with Gasteiger partial charge in [0, 0.05) is 23.2 Å². The van der Waals surface area contributed by atoms with Crippen LogP contribution in [0.2, 0.25) is 0 Å². The van der Waals surface area contributed by atoms with Crippen molar-refractivity contribution in [2.75, 3.05) is 32.5 Å². The molecule has 0 radical (unpaired) electrons. The van der Waals surface area contributed by atoms with E-state index in [0.717, 1.165) is 24.6 Å². The van der Waals surface area contributed by atoms with Crippen molar-refractivity contribution in [1.29, 1.82) is 0 Å². The third-order valence-electron chi connectivity index (χ3n) is 5.57. The Balaban J connectivity index is 1.49. The van der Waals surface area contributed by atoms with Gasteiger partial charge in [0.05, 0.1) is 23.8 Å². The number of carbonyl (C=O) groups is 1. The second-order valence-corrected chi connectivity index (χ2v) is 9.77. The summed E-state index contributed by atoms with van der Waals surface area (Å²) in [7, 11) is 1.41. The number of piperidine rings is 1. The summed E-state index contributed by atoms with van der Waals surface area (Å²) in [4.78, 5) is 26.9. The van der Waals surface area contributed by atoms with Gasteiger partial charge in [-0.2, -0.15) is 0 Å². The SMILES string of the molecule is COc1ccc(CSCC(=O)NCC(c2cccs2)N2CCC(C)CC2)cc1[N+](=O)[O-]. The number of carbonyl (C=O) groups excluding carboxylic acids is 1. The summed E-state index contributed by atoms with van der Waals surface area (Å²) in [5.41, 5.74) is 0.740. The molecule has 1 aromatic heterocycles. The fraction of sp³-hybridized carbons (Fsp3) is 0.500. The van der Waals surface area contributed by atoms with Gasteiger partial charge in [-0.15, -0.1) is 23.1 Å². The van der Waals surface area contributed by atoms with Crippen molar-refractivity contribution < 1.29 is 14.5 Å². The van der Waals surface area contributed by atoms with Crippen LogP contribution in [0.3, 0.4) is 0 Å². The molecule has 31 heavy (non-hydrogen) atoms. The molecule has 1 aliphatic rings. The second-order valence-electron chi connectivity index (χ2n) is 7.81. The molecule has 0 aliphatic carbocycles. The Kier molecular flexibility index (Phi) is 8.74. The lowest BCUT2D eigenvalue weighted by molar-refractivity contribution is -0.385. The monoisotopic (exact) mass is 463 g/mol. The fourth-order valence-electron chi connectivity index (χ4n) is 3.72. The summed E-state index contributed by atoms with van der Waals surface area (Å²) < 4.78 is 5.03. The molecule has 1 fully saturated rings. The van der Waals surface area contributed by atoms with E-state index in [-0.39, 0.29) is 23.4 Å². The summed E-state index contributed by atoms with van der Waals surface area (Å²) in [5, 5.41) is 16.3. The summed E-state index contributed by atoms with van der Waals surface area (Å²) in [6.07, 6.45) is 2.39. The van der Waals surface area contributed by atoms with Gasteiger partial charge in [-0.3, -0.25) is 19.8 Å². The van der Waals surface area contributed by atoms with Gasteiger partial charge >= 0.3 is 5.69 Å². The molecule has 2 heterocycles. The van der Waals surface area contributed by atoms with Gasteiger partial charge in [0.1, 0.15) is 0 Å². The Hall–Kier alpha value is -2.10. The number of thioether (sulfide) groups is 1. The number of nitro groups is 1. The predicted octanol–water partition coefficient (Wildman–Crippen LogP) is 4.49. The Labute approximate surface area is 191 Å². The van der Waals surface area contributed by atoms with E-state index in [1.165, 1.54) is 42.7 Å². The van der Waals surface area contributed by atoms with Crippen LogP contribution in [-0.4, -0.2) is 48.2 Å². The quantitative estimate of drug-likeness (QED) is 0.413. The number of ether oxygens (including phenoxy) is 1. The molecule has 0 spiro atoms. The summed E-state index contributed by atoms with van der Waals surface area (Å²) in [6.45, 7) is 5.02. The summed E-state index contributed by atoms with van der Waals surface area (Å²) >= 11 is 3.18. The fourth-order valence-corrected chi connectivity index (χ4v) is 5.39. The highest BCUT2D eigenvalue weighted by atomic mass is 32.2. The van der Waals surface area contributed by atoms with Gasteiger partial charge < -0.3 is 10.1 Å². The molecule has 1 amide bonds. The number of methoxy groups -OCH3 is 1.